The average molecular weight is 294 g/mol. The highest BCUT2D eigenvalue weighted by atomic mass is 16.3. The van der Waals surface area contributed by atoms with E-state index in [1.807, 2.05) is 19.2 Å². The van der Waals surface area contributed by atoms with Gasteiger partial charge in [-0.15, -0.1) is 0 Å². The van der Waals surface area contributed by atoms with Crippen molar-refractivity contribution in [2.75, 3.05) is 5.43 Å². The molecule has 0 fully saturated rings. The van der Waals surface area contributed by atoms with E-state index in [2.05, 4.69) is 25.6 Å². The molecule has 0 radical (unpaired) electrons. The number of anilines is 1. The predicted octanol–water partition coefficient (Wildman–Crippen LogP) is 2.12. The molecule has 3 rings (SSSR count). The van der Waals surface area contributed by atoms with Crippen molar-refractivity contribution in [2.45, 2.75) is 6.92 Å². The number of rotatable bonds is 4. The molecule has 0 aliphatic rings. The summed E-state index contributed by atoms with van der Waals surface area (Å²) >= 11 is 0. The Kier molecular flexibility index (Phi) is 3.78. The lowest BCUT2D eigenvalue weighted by Crippen LogP contribution is -2.01. The Morgan fingerprint density at radius 3 is 2.91 bits per heavy atom. The predicted molar refractivity (Wildman–Crippen MR) is 83.2 cm³/mol. The minimum absolute atomic E-state index is 0.170. The van der Waals surface area contributed by atoms with Crippen LogP contribution in [0, 0.1) is 6.92 Å². The number of nitrogens with zero attached hydrogens (tertiary/aromatic N) is 5. The topological polar surface area (TPSA) is 88.2 Å². The number of hydrogen-bond acceptors (Lipinski definition) is 6. The van der Waals surface area contributed by atoms with Gasteiger partial charge in [-0.2, -0.15) is 10.2 Å². The fraction of sp³-hybridized carbons (Fsp3) is 0.0667. The van der Waals surface area contributed by atoms with Crippen molar-refractivity contribution in [1.82, 2.24) is 19.7 Å². The Labute approximate surface area is 127 Å². The van der Waals surface area contributed by atoms with Gasteiger partial charge in [0.25, 0.3) is 0 Å². The highest BCUT2D eigenvalue weighted by Crippen LogP contribution is 2.13. The molecule has 1 aromatic carbocycles. The zero-order valence-corrected chi connectivity index (χ0v) is 11.9. The number of aromatic hydroxyl groups is 1. The highest BCUT2D eigenvalue weighted by Gasteiger charge is 2.02. The average Bonchev–Trinajstić information content (AvgIpc) is 2.96. The first-order chi connectivity index (χ1) is 10.7. The number of nitrogens with one attached hydrogen (secondary N) is 1. The van der Waals surface area contributed by atoms with E-state index in [1.165, 1.54) is 12.5 Å². The van der Waals surface area contributed by atoms with E-state index in [0.29, 0.717) is 17.2 Å². The number of phenolic OH excluding ortho intramolecular Hbond substituents is 1. The third-order valence-electron chi connectivity index (χ3n) is 2.92. The molecule has 0 unspecified atom stereocenters. The van der Waals surface area contributed by atoms with Crippen molar-refractivity contribution >= 4 is 12.0 Å². The van der Waals surface area contributed by atoms with Gasteiger partial charge in [0.05, 0.1) is 12.4 Å². The summed E-state index contributed by atoms with van der Waals surface area (Å²) in [5, 5.41) is 17.9. The van der Waals surface area contributed by atoms with Crippen LogP contribution >= 0.6 is 0 Å². The second-order valence-corrected chi connectivity index (χ2v) is 4.65. The Balaban J connectivity index is 1.75. The van der Waals surface area contributed by atoms with Gasteiger partial charge in [0.15, 0.2) is 11.6 Å². The highest BCUT2D eigenvalue weighted by molar-refractivity contribution is 5.83. The number of para-hydroxylation sites is 1. The van der Waals surface area contributed by atoms with Gasteiger partial charge in [-0.1, -0.05) is 12.1 Å². The summed E-state index contributed by atoms with van der Waals surface area (Å²) < 4.78 is 1.66. The van der Waals surface area contributed by atoms with Gasteiger partial charge in [-0.3, -0.25) is 5.43 Å². The number of benzene rings is 1. The Hall–Kier alpha value is -3.22. The Morgan fingerprint density at radius 2 is 2.14 bits per heavy atom. The first-order valence-corrected chi connectivity index (χ1v) is 6.63. The summed E-state index contributed by atoms with van der Waals surface area (Å²) in [4.78, 5) is 8.25. The van der Waals surface area contributed by atoms with Gasteiger partial charge in [-0.25, -0.2) is 14.6 Å². The van der Waals surface area contributed by atoms with Gasteiger partial charge < -0.3 is 5.11 Å². The third kappa shape index (κ3) is 3.09. The molecule has 2 heterocycles. The van der Waals surface area contributed by atoms with Crippen LogP contribution in [0.25, 0.3) is 5.82 Å². The lowest BCUT2D eigenvalue weighted by molar-refractivity contribution is 0.474. The van der Waals surface area contributed by atoms with Gasteiger partial charge in [0.1, 0.15) is 12.1 Å². The van der Waals surface area contributed by atoms with Crippen LogP contribution in [0.15, 0.2) is 54.2 Å². The van der Waals surface area contributed by atoms with Gasteiger partial charge in [0, 0.05) is 17.8 Å². The molecule has 0 atom stereocenters. The maximum Gasteiger partial charge on any atom is 0.158 e. The Bertz CT molecular complexity index is 811. The lowest BCUT2D eigenvalue weighted by atomic mass is 10.2. The van der Waals surface area contributed by atoms with Crippen molar-refractivity contribution in [3.63, 3.8) is 0 Å². The second-order valence-electron chi connectivity index (χ2n) is 4.65. The zero-order valence-electron chi connectivity index (χ0n) is 11.9. The molecule has 2 N–H and O–H groups in total. The molecule has 0 aliphatic carbocycles. The van der Waals surface area contributed by atoms with E-state index in [9.17, 15) is 5.11 Å². The molecular weight excluding hydrogens is 280 g/mol. The largest absolute Gasteiger partial charge is 0.507 e. The number of phenols is 1. The van der Waals surface area contributed by atoms with Crippen LogP contribution in [0.2, 0.25) is 0 Å². The van der Waals surface area contributed by atoms with Crippen LogP contribution in [-0.2, 0) is 0 Å². The van der Waals surface area contributed by atoms with Crippen LogP contribution in [0.1, 0.15) is 11.1 Å². The van der Waals surface area contributed by atoms with E-state index in [1.54, 1.807) is 35.1 Å². The normalized spacial score (nSPS) is 11.0. The van der Waals surface area contributed by atoms with Crippen molar-refractivity contribution < 1.29 is 5.11 Å². The molecule has 0 saturated heterocycles. The molecule has 7 heteroatoms. The molecule has 0 aliphatic heterocycles. The van der Waals surface area contributed by atoms with E-state index >= 15 is 0 Å². The standard InChI is InChI=1S/C15H14N6O/c1-11-7-19-21(9-11)15-6-14(16-10-17-15)20-18-8-12-4-2-3-5-13(12)22/h2-10,22H,1H3,(H,16,17,20). The zero-order chi connectivity index (χ0) is 15.4. The summed E-state index contributed by atoms with van der Waals surface area (Å²) in [5.74, 6) is 1.34. The minimum Gasteiger partial charge on any atom is -0.507 e. The first kappa shape index (κ1) is 13.7. The summed E-state index contributed by atoms with van der Waals surface area (Å²) in [7, 11) is 0. The number of aryl methyl sites for hydroxylation is 1. The quantitative estimate of drug-likeness (QED) is 0.568. The van der Waals surface area contributed by atoms with E-state index in [-0.39, 0.29) is 5.75 Å². The maximum atomic E-state index is 9.65. The van der Waals surface area contributed by atoms with Crippen LogP contribution in [0.5, 0.6) is 5.75 Å². The third-order valence-corrected chi connectivity index (χ3v) is 2.92. The molecule has 0 bridgehead atoms. The van der Waals surface area contributed by atoms with Gasteiger partial charge in [-0.05, 0) is 24.6 Å². The summed E-state index contributed by atoms with van der Waals surface area (Å²) in [6.07, 6.45) is 6.59. The van der Waals surface area contributed by atoms with E-state index in [4.69, 9.17) is 0 Å². The molecule has 0 amide bonds. The van der Waals surface area contributed by atoms with Crippen LogP contribution in [-0.4, -0.2) is 31.1 Å². The summed E-state index contributed by atoms with van der Waals surface area (Å²) in [6, 6.07) is 8.67. The molecule has 110 valence electrons. The molecule has 7 nitrogen and oxygen atoms in total. The lowest BCUT2D eigenvalue weighted by Gasteiger charge is -2.03. The van der Waals surface area contributed by atoms with Gasteiger partial charge in [0.2, 0.25) is 0 Å². The van der Waals surface area contributed by atoms with E-state index in [0.717, 1.165) is 5.56 Å². The van der Waals surface area contributed by atoms with Crippen molar-refractivity contribution in [1.29, 1.82) is 0 Å². The monoisotopic (exact) mass is 294 g/mol. The molecule has 2 aromatic heterocycles. The van der Waals surface area contributed by atoms with Gasteiger partial charge >= 0.3 is 0 Å². The maximum absolute atomic E-state index is 9.65. The number of hydrazone groups is 1. The number of hydrogen-bond donors (Lipinski definition) is 2. The van der Waals surface area contributed by atoms with Crippen LogP contribution in [0.4, 0.5) is 5.82 Å². The van der Waals surface area contributed by atoms with E-state index < -0.39 is 0 Å². The smallest absolute Gasteiger partial charge is 0.158 e. The molecule has 0 saturated carbocycles. The van der Waals surface area contributed by atoms with Crippen LogP contribution < -0.4 is 5.43 Å². The fourth-order valence-corrected chi connectivity index (χ4v) is 1.84. The van der Waals surface area contributed by atoms with Crippen molar-refractivity contribution in [2.24, 2.45) is 5.10 Å². The molecule has 22 heavy (non-hydrogen) atoms. The second kappa shape index (κ2) is 6.04. The van der Waals surface area contributed by atoms with Crippen molar-refractivity contribution in [3.05, 3.63) is 60.2 Å². The molecule has 3 aromatic rings. The first-order valence-electron chi connectivity index (χ1n) is 6.63. The number of aromatic nitrogens is 4. The minimum atomic E-state index is 0.170. The summed E-state index contributed by atoms with van der Waals surface area (Å²) in [5.41, 5.74) is 4.47. The summed E-state index contributed by atoms with van der Waals surface area (Å²) in [6.45, 7) is 1.96. The molecule has 0 spiro atoms. The van der Waals surface area contributed by atoms with Crippen LogP contribution in [0.3, 0.4) is 0 Å². The molecular formula is C15H14N6O. The Morgan fingerprint density at radius 1 is 1.27 bits per heavy atom. The SMILES string of the molecule is Cc1cnn(-c2cc(NN=Cc3ccccc3O)ncn2)c1. The fourth-order valence-electron chi connectivity index (χ4n) is 1.84. The van der Waals surface area contributed by atoms with Crippen molar-refractivity contribution in [3.8, 4) is 11.6 Å².